The molecular formula is C10H16O6S. The van der Waals surface area contributed by atoms with Gasteiger partial charge in [-0.15, -0.1) is 0 Å². The number of carboxylic acid groups (broad SMARTS) is 1. The molecule has 0 saturated carbocycles. The number of carbonyl (C=O) groups is 2. The van der Waals surface area contributed by atoms with Crippen LogP contribution in [0.3, 0.4) is 0 Å². The molecule has 0 aliphatic carbocycles. The number of rotatable bonds is 4. The van der Waals surface area contributed by atoms with Gasteiger partial charge in [0.2, 0.25) is 0 Å². The maximum atomic E-state index is 11.2. The first-order chi connectivity index (χ1) is 7.85. The summed E-state index contributed by atoms with van der Waals surface area (Å²) < 4.78 is 26.9. The second kappa shape index (κ2) is 5.48. The molecule has 17 heavy (non-hydrogen) atoms. The second-order valence-electron chi connectivity index (χ2n) is 4.21. The minimum absolute atomic E-state index is 0.00260. The lowest BCUT2D eigenvalue weighted by Gasteiger charge is -2.26. The van der Waals surface area contributed by atoms with E-state index in [1.54, 1.807) is 0 Å². The van der Waals surface area contributed by atoms with Crippen LogP contribution in [0.15, 0.2) is 0 Å². The van der Waals surface area contributed by atoms with Gasteiger partial charge < -0.3 is 9.84 Å². The van der Waals surface area contributed by atoms with E-state index in [0.29, 0.717) is 12.8 Å². The number of ether oxygens (including phenoxy) is 1. The van der Waals surface area contributed by atoms with Crippen LogP contribution in [-0.4, -0.2) is 44.1 Å². The number of carboxylic acids is 1. The Bertz CT molecular complexity index is 385. The molecule has 7 heteroatoms. The maximum absolute atomic E-state index is 11.2. The quantitative estimate of drug-likeness (QED) is 0.722. The average Bonchev–Trinajstić information content (AvgIpc) is 2.26. The highest BCUT2D eigenvalue weighted by Crippen LogP contribution is 2.29. The average molecular weight is 264 g/mol. The van der Waals surface area contributed by atoms with E-state index in [0.717, 1.165) is 0 Å². The molecule has 1 atom stereocenters. The van der Waals surface area contributed by atoms with Crippen molar-refractivity contribution in [2.45, 2.75) is 19.3 Å². The van der Waals surface area contributed by atoms with Gasteiger partial charge in [-0.05, 0) is 18.8 Å². The van der Waals surface area contributed by atoms with Crippen LogP contribution >= 0.6 is 0 Å². The van der Waals surface area contributed by atoms with Gasteiger partial charge in [-0.3, -0.25) is 9.59 Å². The first-order valence-corrected chi connectivity index (χ1v) is 7.18. The highest BCUT2D eigenvalue weighted by atomic mass is 32.2. The Balaban J connectivity index is 2.67. The molecule has 6 nitrogen and oxygen atoms in total. The summed E-state index contributed by atoms with van der Waals surface area (Å²) in [6.45, 7) is 0. The molecule has 1 aliphatic rings. The number of esters is 1. The predicted molar refractivity (Wildman–Crippen MR) is 59.1 cm³/mol. The van der Waals surface area contributed by atoms with Gasteiger partial charge in [0.15, 0.2) is 0 Å². The van der Waals surface area contributed by atoms with E-state index in [4.69, 9.17) is 5.11 Å². The van der Waals surface area contributed by atoms with Crippen molar-refractivity contribution >= 4 is 21.8 Å². The Morgan fingerprint density at radius 1 is 1.35 bits per heavy atom. The molecule has 0 bridgehead atoms. The third-order valence-electron chi connectivity index (χ3n) is 3.10. The van der Waals surface area contributed by atoms with Gasteiger partial charge in [-0.25, -0.2) is 8.42 Å². The lowest BCUT2D eigenvalue weighted by atomic mass is 9.85. The van der Waals surface area contributed by atoms with E-state index < -0.39 is 27.7 Å². The smallest absolute Gasteiger partial charge is 0.307 e. The largest absolute Gasteiger partial charge is 0.481 e. The van der Waals surface area contributed by atoms with Crippen molar-refractivity contribution in [3.63, 3.8) is 0 Å². The van der Waals surface area contributed by atoms with Gasteiger partial charge in [-0.1, -0.05) is 0 Å². The van der Waals surface area contributed by atoms with Crippen LogP contribution in [0.4, 0.5) is 0 Å². The first kappa shape index (κ1) is 14.0. The van der Waals surface area contributed by atoms with Crippen molar-refractivity contribution in [2.24, 2.45) is 11.8 Å². The third kappa shape index (κ3) is 3.99. The summed E-state index contributed by atoms with van der Waals surface area (Å²) in [5.41, 5.74) is 0. The molecule has 0 aromatic carbocycles. The Hall–Kier alpha value is -1.11. The third-order valence-corrected chi connectivity index (χ3v) is 4.82. The van der Waals surface area contributed by atoms with Crippen LogP contribution in [0.5, 0.6) is 0 Å². The van der Waals surface area contributed by atoms with Crippen LogP contribution in [-0.2, 0) is 24.2 Å². The summed E-state index contributed by atoms with van der Waals surface area (Å²) in [6, 6.07) is 0. The summed E-state index contributed by atoms with van der Waals surface area (Å²) in [4.78, 5) is 22.1. The molecule has 1 N–H and O–H groups in total. The SMILES string of the molecule is COC(=O)CC(C(=O)O)C1CCS(=O)(=O)CC1. The van der Waals surface area contributed by atoms with Crippen molar-refractivity contribution in [1.82, 2.24) is 0 Å². The summed E-state index contributed by atoms with van der Waals surface area (Å²) in [5, 5.41) is 9.04. The number of aliphatic carboxylic acids is 1. The zero-order valence-electron chi connectivity index (χ0n) is 9.59. The topological polar surface area (TPSA) is 97.7 Å². The summed E-state index contributed by atoms with van der Waals surface area (Å²) in [6.07, 6.45) is 0.406. The van der Waals surface area contributed by atoms with Crippen LogP contribution in [0, 0.1) is 11.8 Å². The molecule has 1 rings (SSSR count). The molecule has 1 unspecified atom stereocenters. The van der Waals surface area contributed by atoms with Gasteiger partial charge in [0.25, 0.3) is 0 Å². The lowest BCUT2D eigenvalue weighted by molar-refractivity contribution is -0.151. The summed E-state index contributed by atoms with van der Waals surface area (Å²) >= 11 is 0. The Labute approximate surface area is 99.9 Å². The van der Waals surface area contributed by atoms with Gasteiger partial charge in [0, 0.05) is 0 Å². The van der Waals surface area contributed by atoms with Gasteiger partial charge >= 0.3 is 11.9 Å². The molecule has 1 saturated heterocycles. The van der Waals surface area contributed by atoms with E-state index >= 15 is 0 Å². The standard InChI is InChI=1S/C10H16O6S/c1-16-9(11)6-8(10(12)13)7-2-4-17(14,15)5-3-7/h7-8H,2-6H2,1H3,(H,12,13). The zero-order chi connectivity index (χ0) is 13.1. The summed E-state index contributed by atoms with van der Waals surface area (Å²) in [5.74, 6) is -2.76. The van der Waals surface area contributed by atoms with E-state index in [1.807, 2.05) is 0 Å². The Morgan fingerprint density at radius 2 is 1.88 bits per heavy atom. The molecule has 0 spiro atoms. The zero-order valence-corrected chi connectivity index (χ0v) is 10.4. The van der Waals surface area contributed by atoms with E-state index in [2.05, 4.69) is 4.74 Å². The van der Waals surface area contributed by atoms with Gasteiger partial charge in [-0.2, -0.15) is 0 Å². The first-order valence-electron chi connectivity index (χ1n) is 5.36. The van der Waals surface area contributed by atoms with Crippen molar-refractivity contribution in [3.05, 3.63) is 0 Å². The van der Waals surface area contributed by atoms with E-state index in [9.17, 15) is 18.0 Å². The molecule has 0 aromatic rings. The maximum Gasteiger partial charge on any atom is 0.307 e. The second-order valence-corrected chi connectivity index (χ2v) is 6.52. The molecule has 1 aliphatic heterocycles. The molecule has 0 aromatic heterocycles. The minimum Gasteiger partial charge on any atom is -0.481 e. The normalized spacial score (nSPS) is 21.7. The van der Waals surface area contributed by atoms with Crippen LogP contribution in [0.2, 0.25) is 0 Å². The van der Waals surface area contributed by atoms with Crippen molar-refractivity contribution in [2.75, 3.05) is 18.6 Å². The van der Waals surface area contributed by atoms with Crippen molar-refractivity contribution in [3.8, 4) is 0 Å². The van der Waals surface area contributed by atoms with E-state index in [-0.39, 0.29) is 23.8 Å². The van der Waals surface area contributed by atoms with Crippen molar-refractivity contribution < 1.29 is 27.9 Å². The molecule has 1 fully saturated rings. The highest BCUT2D eigenvalue weighted by molar-refractivity contribution is 7.91. The number of hydrogen-bond acceptors (Lipinski definition) is 5. The molecule has 1 heterocycles. The minimum atomic E-state index is -3.02. The van der Waals surface area contributed by atoms with Crippen LogP contribution in [0.1, 0.15) is 19.3 Å². The van der Waals surface area contributed by atoms with E-state index in [1.165, 1.54) is 7.11 Å². The molecule has 0 radical (unpaired) electrons. The fourth-order valence-electron chi connectivity index (χ4n) is 2.03. The molecular weight excluding hydrogens is 248 g/mol. The van der Waals surface area contributed by atoms with Crippen LogP contribution in [0.25, 0.3) is 0 Å². The fourth-order valence-corrected chi connectivity index (χ4v) is 3.56. The number of hydrogen-bond donors (Lipinski definition) is 1. The van der Waals surface area contributed by atoms with Gasteiger partial charge in [0.1, 0.15) is 9.84 Å². The monoisotopic (exact) mass is 264 g/mol. The molecule has 0 amide bonds. The Morgan fingerprint density at radius 3 is 2.29 bits per heavy atom. The van der Waals surface area contributed by atoms with Gasteiger partial charge in [0.05, 0.1) is 31.0 Å². The highest BCUT2D eigenvalue weighted by Gasteiger charge is 2.35. The predicted octanol–water partition coefficient (Wildman–Crippen LogP) is 0.0751. The van der Waals surface area contributed by atoms with Crippen molar-refractivity contribution in [1.29, 1.82) is 0 Å². The Kier molecular flexibility index (Phi) is 4.50. The number of methoxy groups -OCH3 is 1. The van der Waals surface area contributed by atoms with Crippen LogP contribution < -0.4 is 0 Å². The fraction of sp³-hybridized carbons (Fsp3) is 0.800. The summed E-state index contributed by atoms with van der Waals surface area (Å²) in [7, 11) is -1.82. The number of carbonyl (C=O) groups excluding carboxylic acids is 1. The molecule has 98 valence electrons. The number of sulfone groups is 1. The lowest BCUT2D eigenvalue weighted by Crippen LogP contribution is -2.33.